The smallest absolute Gasteiger partial charge is 0.0998 e. The lowest BCUT2D eigenvalue weighted by molar-refractivity contribution is 0.666. The van der Waals surface area contributed by atoms with E-state index < -0.39 is 0 Å². The van der Waals surface area contributed by atoms with Crippen molar-refractivity contribution in [2.24, 2.45) is 0 Å². The van der Waals surface area contributed by atoms with Gasteiger partial charge < -0.3 is 4.90 Å². The van der Waals surface area contributed by atoms with Gasteiger partial charge in [-0.2, -0.15) is 10.5 Å². The molecule has 0 saturated carbocycles. The molecule has 0 amide bonds. The number of fused-ring (bicyclic) bond motifs is 2. The summed E-state index contributed by atoms with van der Waals surface area (Å²) < 4.78 is 1.98. The molecular weight excluding hydrogens is 746 g/mol. The number of halogens is 2. The van der Waals surface area contributed by atoms with Gasteiger partial charge in [0.25, 0.3) is 0 Å². The maximum Gasteiger partial charge on any atom is 0.0998 e. The summed E-state index contributed by atoms with van der Waals surface area (Å²) in [5.74, 6) is 0. The molecule has 0 saturated heterocycles. The standard InChI is InChI=1S/C40H31Br2N3S2/c1-2-3-4-5-20-45-36-17-6-27(21-31(25-43)28-7-12-33(41)13-8-28)22-39(36)47-40-24-30(11-18-37(40)45)38-19-16-35(46-38)23-32(26-44)29-9-14-34(42)15-10-29/h6-19,21-24H,2-5,20H2,1H3/b31-21+,32-23+. The minimum atomic E-state index is 0.639. The number of hydrogen-bond acceptors (Lipinski definition) is 5. The first kappa shape index (κ1) is 33.1. The highest BCUT2D eigenvalue weighted by Gasteiger charge is 2.24. The summed E-state index contributed by atoms with van der Waals surface area (Å²) in [6.45, 7) is 3.20. The highest BCUT2D eigenvalue weighted by atomic mass is 79.9. The predicted molar refractivity (Wildman–Crippen MR) is 207 cm³/mol. The summed E-state index contributed by atoms with van der Waals surface area (Å²) in [5, 5.41) is 19.8. The van der Waals surface area contributed by atoms with Gasteiger partial charge in [0.05, 0.1) is 34.7 Å². The summed E-state index contributed by atoms with van der Waals surface area (Å²) in [6, 6.07) is 38.0. The first-order valence-electron chi connectivity index (χ1n) is 15.5. The first-order valence-corrected chi connectivity index (χ1v) is 18.8. The monoisotopic (exact) mass is 775 g/mol. The normalized spacial score (nSPS) is 12.7. The Morgan fingerprint density at radius 3 is 1.96 bits per heavy atom. The Morgan fingerprint density at radius 2 is 1.32 bits per heavy atom. The van der Waals surface area contributed by atoms with E-state index in [1.54, 1.807) is 23.1 Å². The van der Waals surface area contributed by atoms with E-state index in [-0.39, 0.29) is 0 Å². The van der Waals surface area contributed by atoms with Crippen LogP contribution in [0.15, 0.2) is 116 Å². The van der Waals surface area contributed by atoms with Crippen molar-refractivity contribution in [2.45, 2.75) is 42.4 Å². The maximum atomic E-state index is 9.97. The van der Waals surface area contributed by atoms with Gasteiger partial charge in [-0.25, -0.2) is 0 Å². The van der Waals surface area contributed by atoms with Gasteiger partial charge in [-0.3, -0.25) is 0 Å². The molecule has 5 aromatic rings. The number of nitriles is 2. The second-order valence-corrected chi connectivity index (χ2v) is 15.3. The molecule has 0 N–H and O–H groups in total. The Balaban J connectivity index is 1.32. The fraction of sp³-hybridized carbons (Fsp3) is 0.150. The van der Waals surface area contributed by atoms with Crippen molar-refractivity contribution in [3.05, 3.63) is 128 Å². The summed E-state index contributed by atoms with van der Waals surface area (Å²) in [4.78, 5) is 7.09. The molecule has 0 bridgehead atoms. The van der Waals surface area contributed by atoms with E-state index in [2.05, 4.69) is 104 Å². The van der Waals surface area contributed by atoms with Crippen LogP contribution in [0.3, 0.4) is 0 Å². The summed E-state index contributed by atoms with van der Waals surface area (Å²) in [5.41, 5.74) is 7.71. The van der Waals surface area contributed by atoms with Gasteiger partial charge in [-0.15, -0.1) is 11.3 Å². The fourth-order valence-electron chi connectivity index (χ4n) is 5.60. The number of unbranched alkanes of at least 4 members (excludes halogenated alkanes) is 3. The molecule has 232 valence electrons. The minimum Gasteiger partial charge on any atom is -0.340 e. The number of hydrogen-bond donors (Lipinski definition) is 0. The van der Waals surface area contributed by atoms with Gasteiger partial charge in [-0.1, -0.05) is 106 Å². The third-order valence-corrected chi connectivity index (χ3v) is 11.3. The van der Waals surface area contributed by atoms with E-state index in [4.69, 9.17) is 0 Å². The van der Waals surface area contributed by atoms with E-state index in [9.17, 15) is 10.5 Å². The molecule has 0 fully saturated rings. The molecule has 1 aromatic heterocycles. The molecule has 0 unspecified atom stereocenters. The molecule has 2 heterocycles. The van der Waals surface area contributed by atoms with Gasteiger partial charge in [0.1, 0.15) is 0 Å². The quantitative estimate of drug-likeness (QED) is 0.0805. The van der Waals surface area contributed by atoms with Gasteiger partial charge in [0.15, 0.2) is 0 Å². The highest BCUT2D eigenvalue weighted by molar-refractivity contribution is 9.10. The third kappa shape index (κ3) is 7.83. The molecular formula is C40H31Br2N3S2. The molecule has 0 radical (unpaired) electrons. The Hall–Kier alpha value is -3.85. The SMILES string of the molecule is CCCCCCN1c2ccc(/C=C(\C#N)c3ccc(Br)cc3)cc2Sc2cc(-c3ccc(/C=C(\C#N)c4ccc(Br)cc4)s3)ccc21. The van der Waals surface area contributed by atoms with Crippen molar-refractivity contribution in [3.8, 4) is 22.6 Å². The number of thiophene rings is 1. The zero-order valence-electron chi connectivity index (χ0n) is 25.8. The largest absolute Gasteiger partial charge is 0.340 e. The fourth-order valence-corrected chi connectivity index (χ4v) is 8.26. The van der Waals surface area contributed by atoms with Crippen LogP contribution in [-0.2, 0) is 0 Å². The molecule has 6 rings (SSSR count). The van der Waals surface area contributed by atoms with Crippen LogP contribution in [0.1, 0.15) is 54.2 Å². The lowest BCUT2D eigenvalue weighted by atomic mass is 10.0. The second kappa shape index (κ2) is 15.4. The van der Waals surface area contributed by atoms with Crippen molar-refractivity contribution in [2.75, 3.05) is 11.4 Å². The topological polar surface area (TPSA) is 50.8 Å². The summed E-state index contributed by atoms with van der Waals surface area (Å²) in [7, 11) is 0. The average molecular weight is 778 g/mol. The zero-order valence-corrected chi connectivity index (χ0v) is 30.6. The number of nitrogens with zero attached hydrogens (tertiary/aromatic N) is 3. The Bertz CT molecular complexity index is 2050. The molecule has 0 atom stereocenters. The maximum absolute atomic E-state index is 9.97. The summed E-state index contributed by atoms with van der Waals surface area (Å²) >= 11 is 10.4. The van der Waals surface area contributed by atoms with E-state index in [0.29, 0.717) is 11.1 Å². The Morgan fingerprint density at radius 1 is 0.702 bits per heavy atom. The molecule has 7 heteroatoms. The molecule has 1 aliphatic heterocycles. The summed E-state index contributed by atoms with van der Waals surface area (Å²) in [6.07, 6.45) is 8.73. The number of allylic oxidation sites excluding steroid dienone is 2. The van der Waals surface area contributed by atoms with E-state index in [0.717, 1.165) is 53.9 Å². The van der Waals surface area contributed by atoms with Crippen LogP contribution in [0.2, 0.25) is 0 Å². The average Bonchev–Trinajstić information content (AvgIpc) is 3.57. The van der Waals surface area contributed by atoms with Crippen LogP contribution in [0, 0.1) is 22.7 Å². The zero-order chi connectivity index (χ0) is 32.8. The number of rotatable bonds is 10. The number of benzene rings is 4. The first-order chi connectivity index (χ1) is 22.9. The Kier molecular flexibility index (Phi) is 10.8. The lowest BCUT2D eigenvalue weighted by Gasteiger charge is -2.33. The van der Waals surface area contributed by atoms with Crippen molar-refractivity contribution in [1.29, 1.82) is 10.5 Å². The molecule has 0 aliphatic carbocycles. The predicted octanol–water partition coefficient (Wildman–Crippen LogP) is 13.3. The van der Waals surface area contributed by atoms with Crippen molar-refractivity contribution >= 4 is 89.6 Å². The molecule has 47 heavy (non-hydrogen) atoms. The van der Waals surface area contributed by atoms with Crippen LogP contribution in [0.5, 0.6) is 0 Å². The molecule has 4 aromatic carbocycles. The van der Waals surface area contributed by atoms with Crippen LogP contribution in [0.4, 0.5) is 11.4 Å². The van der Waals surface area contributed by atoms with E-state index in [1.165, 1.54) is 40.4 Å². The molecule has 1 aliphatic rings. The Labute approximate surface area is 302 Å². The minimum absolute atomic E-state index is 0.639. The second-order valence-electron chi connectivity index (χ2n) is 11.3. The van der Waals surface area contributed by atoms with Crippen LogP contribution >= 0.6 is 55.0 Å². The van der Waals surface area contributed by atoms with Gasteiger partial charge in [0, 0.05) is 35.0 Å². The van der Waals surface area contributed by atoms with Gasteiger partial charge in [-0.05, 0) is 101 Å². The van der Waals surface area contributed by atoms with Crippen molar-refractivity contribution in [3.63, 3.8) is 0 Å². The molecule has 3 nitrogen and oxygen atoms in total. The van der Waals surface area contributed by atoms with E-state index in [1.807, 2.05) is 60.7 Å². The third-order valence-electron chi connectivity index (χ3n) is 8.04. The van der Waals surface area contributed by atoms with Crippen LogP contribution in [0.25, 0.3) is 33.7 Å². The lowest BCUT2D eigenvalue weighted by Crippen LogP contribution is -2.22. The van der Waals surface area contributed by atoms with Crippen molar-refractivity contribution in [1.82, 2.24) is 0 Å². The highest BCUT2D eigenvalue weighted by Crippen LogP contribution is 2.50. The van der Waals surface area contributed by atoms with E-state index >= 15 is 0 Å². The molecule has 0 spiro atoms. The van der Waals surface area contributed by atoms with Gasteiger partial charge >= 0.3 is 0 Å². The van der Waals surface area contributed by atoms with Crippen LogP contribution in [-0.4, -0.2) is 6.54 Å². The van der Waals surface area contributed by atoms with Crippen LogP contribution < -0.4 is 4.90 Å². The van der Waals surface area contributed by atoms with Crippen molar-refractivity contribution < 1.29 is 0 Å². The van der Waals surface area contributed by atoms with Gasteiger partial charge in [0.2, 0.25) is 0 Å². The number of anilines is 2.